The van der Waals surface area contributed by atoms with Crippen molar-refractivity contribution in [3.05, 3.63) is 0 Å². The van der Waals surface area contributed by atoms with Crippen molar-refractivity contribution in [1.29, 1.82) is 0 Å². The monoisotopic (exact) mass is 197 g/mol. The third-order valence-corrected chi connectivity index (χ3v) is 3.87. The highest BCUT2D eigenvalue weighted by atomic mass is 15.2. The van der Waals surface area contributed by atoms with E-state index in [0.29, 0.717) is 0 Å². The summed E-state index contributed by atoms with van der Waals surface area (Å²) in [5.74, 6) is 0. The fourth-order valence-electron chi connectivity index (χ4n) is 2.61. The van der Waals surface area contributed by atoms with Crippen LogP contribution >= 0.6 is 0 Å². The third-order valence-electron chi connectivity index (χ3n) is 3.87. The molecule has 2 fully saturated rings. The summed E-state index contributed by atoms with van der Waals surface area (Å²) in [5, 5.41) is 0. The minimum absolute atomic E-state index is 0.168. The van der Waals surface area contributed by atoms with E-state index in [1.807, 2.05) is 0 Å². The lowest BCUT2D eigenvalue weighted by atomic mass is 9.77. The molecule has 1 heterocycles. The minimum atomic E-state index is 0.168. The molecule has 2 aliphatic rings. The molecule has 0 aromatic carbocycles. The molecule has 1 unspecified atom stereocenters. The molecule has 0 radical (unpaired) electrons. The van der Waals surface area contributed by atoms with E-state index in [1.165, 1.54) is 38.8 Å². The van der Waals surface area contributed by atoms with E-state index >= 15 is 0 Å². The molecule has 2 rings (SSSR count). The second-order valence-electron chi connectivity index (χ2n) is 5.36. The first-order valence-corrected chi connectivity index (χ1v) is 5.77. The Morgan fingerprint density at radius 3 is 2.57 bits per heavy atom. The number of hydrogen-bond acceptors (Lipinski definition) is 3. The number of hydrogen-bond donors (Lipinski definition) is 1. The van der Waals surface area contributed by atoms with Gasteiger partial charge in [-0.2, -0.15) is 0 Å². The lowest BCUT2D eigenvalue weighted by Crippen LogP contribution is -2.54. The largest absolute Gasteiger partial charge is 0.324 e. The first-order chi connectivity index (χ1) is 6.59. The Morgan fingerprint density at radius 1 is 1.43 bits per heavy atom. The number of likely N-dealkylation sites (N-methyl/N-ethyl adjacent to an activating group) is 1. The Labute approximate surface area is 87.2 Å². The van der Waals surface area contributed by atoms with Gasteiger partial charge in [-0.05, 0) is 46.3 Å². The zero-order chi connectivity index (χ0) is 10.2. The minimum Gasteiger partial charge on any atom is -0.324 e. The van der Waals surface area contributed by atoms with Gasteiger partial charge in [0.15, 0.2) is 0 Å². The number of nitrogens with zero attached hydrogens (tertiary/aromatic N) is 2. The van der Waals surface area contributed by atoms with Crippen LogP contribution in [-0.4, -0.2) is 55.1 Å². The molecule has 0 spiro atoms. The van der Waals surface area contributed by atoms with Gasteiger partial charge in [0.25, 0.3) is 0 Å². The Balaban J connectivity index is 1.78. The zero-order valence-corrected chi connectivity index (χ0v) is 9.50. The van der Waals surface area contributed by atoms with Crippen LogP contribution in [0.3, 0.4) is 0 Å². The van der Waals surface area contributed by atoms with Crippen molar-refractivity contribution in [3.8, 4) is 0 Å². The van der Waals surface area contributed by atoms with E-state index in [0.717, 1.165) is 12.6 Å². The third kappa shape index (κ3) is 2.10. The van der Waals surface area contributed by atoms with Crippen molar-refractivity contribution in [2.75, 3.05) is 33.7 Å². The van der Waals surface area contributed by atoms with Gasteiger partial charge in [-0.1, -0.05) is 0 Å². The van der Waals surface area contributed by atoms with E-state index in [4.69, 9.17) is 5.73 Å². The highest BCUT2D eigenvalue weighted by Crippen LogP contribution is 2.31. The molecule has 0 amide bonds. The molecule has 82 valence electrons. The van der Waals surface area contributed by atoms with Gasteiger partial charge in [0.2, 0.25) is 0 Å². The van der Waals surface area contributed by atoms with Crippen LogP contribution in [0.4, 0.5) is 0 Å². The average molecular weight is 197 g/mol. The quantitative estimate of drug-likeness (QED) is 0.715. The lowest BCUT2D eigenvalue weighted by Gasteiger charge is -2.41. The normalized spacial score (nSPS) is 32.1. The number of nitrogens with two attached hydrogens (primary N) is 1. The summed E-state index contributed by atoms with van der Waals surface area (Å²) in [6.45, 7) is 3.57. The van der Waals surface area contributed by atoms with Crippen molar-refractivity contribution in [2.45, 2.75) is 37.3 Å². The molecule has 1 aliphatic heterocycles. The molecule has 3 nitrogen and oxygen atoms in total. The van der Waals surface area contributed by atoms with Gasteiger partial charge in [0, 0.05) is 24.7 Å². The van der Waals surface area contributed by atoms with Crippen molar-refractivity contribution < 1.29 is 0 Å². The maximum absolute atomic E-state index is 6.25. The average Bonchev–Trinajstić information content (AvgIpc) is 2.50. The lowest BCUT2D eigenvalue weighted by molar-refractivity contribution is 0.157. The summed E-state index contributed by atoms with van der Waals surface area (Å²) in [5.41, 5.74) is 6.42. The maximum atomic E-state index is 6.25. The number of likely N-dealkylation sites (tertiary alicyclic amines) is 1. The summed E-state index contributed by atoms with van der Waals surface area (Å²) >= 11 is 0. The summed E-state index contributed by atoms with van der Waals surface area (Å²) in [4.78, 5) is 4.88. The topological polar surface area (TPSA) is 32.5 Å². The predicted octanol–water partition coefficient (Wildman–Crippen LogP) is 0.504. The van der Waals surface area contributed by atoms with Gasteiger partial charge in [-0.15, -0.1) is 0 Å². The van der Waals surface area contributed by atoms with Crippen molar-refractivity contribution in [1.82, 2.24) is 9.80 Å². The van der Waals surface area contributed by atoms with E-state index in [9.17, 15) is 0 Å². The Hall–Kier alpha value is -0.120. The first kappa shape index (κ1) is 10.4. The fourth-order valence-corrected chi connectivity index (χ4v) is 2.61. The smallest absolute Gasteiger partial charge is 0.0283 e. The predicted molar refractivity (Wildman–Crippen MR) is 59.3 cm³/mol. The van der Waals surface area contributed by atoms with Crippen molar-refractivity contribution in [2.24, 2.45) is 5.73 Å². The zero-order valence-electron chi connectivity index (χ0n) is 9.50. The standard InChI is InChI=1S/C11H23N3/c1-13(2)10-4-7-14(8-10)9-11(12)5-3-6-11/h10H,3-9,12H2,1-2H3. The van der Waals surface area contributed by atoms with Crippen LogP contribution in [-0.2, 0) is 0 Å². The molecule has 0 aromatic rings. The molecule has 1 atom stereocenters. The molecular formula is C11H23N3. The van der Waals surface area contributed by atoms with Crippen LogP contribution in [0.15, 0.2) is 0 Å². The maximum Gasteiger partial charge on any atom is 0.0283 e. The van der Waals surface area contributed by atoms with Crippen LogP contribution in [0.1, 0.15) is 25.7 Å². The van der Waals surface area contributed by atoms with E-state index < -0.39 is 0 Å². The molecule has 2 N–H and O–H groups in total. The first-order valence-electron chi connectivity index (χ1n) is 5.77. The fraction of sp³-hybridized carbons (Fsp3) is 1.00. The van der Waals surface area contributed by atoms with Crippen LogP contribution in [0, 0.1) is 0 Å². The highest BCUT2D eigenvalue weighted by molar-refractivity contribution is 4.97. The Morgan fingerprint density at radius 2 is 2.14 bits per heavy atom. The van der Waals surface area contributed by atoms with Gasteiger partial charge in [0.1, 0.15) is 0 Å². The van der Waals surface area contributed by atoms with Gasteiger partial charge in [-0.3, -0.25) is 4.90 Å². The molecule has 0 bridgehead atoms. The SMILES string of the molecule is CN(C)C1CCN(CC2(N)CCC2)C1. The number of rotatable bonds is 3. The second kappa shape index (κ2) is 3.80. The van der Waals surface area contributed by atoms with Gasteiger partial charge >= 0.3 is 0 Å². The van der Waals surface area contributed by atoms with Crippen LogP contribution in [0.2, 0.25) is 0 Å². The summed E-state index contributed by atoms with van der Waals surface area (Å²) in [6.07, 6.45) is 5.11. The van der Waals surface area contributed by atoms with Gasteiger partial charge in [-0.25, -0.2) is 0 Å². The molecule has 0 aromatic heterocycles. The van der Waals surface area contributed by atoms with Gasteiger partial charge < -0.3 is 10.6 Å². The Bertz CT molecular complexity index is 199. The van der Waals surface area contributed by atoms with Crippen LogP contribution < -0.4 is 5.73 Å². The van der Waals surface area contributed by atoms with Crippen LogP contribution in [0.25, 0.3) is 0 Å². The van der Waals surface area contributed by atoms with Crippen molar-refractivity contribution in [3.63, 3.8) is 0 Å². The summed E-state index contributed by atoms with van der Waals surface area (Å²) < 4.78 is 0. The molecule has 1 aliphatic carbocycles. The van der Waals surface area contributed by atoms with E-state index in [-0.39, 0.29) is 5.54 Å². The molecular weight excluding hydrogens is 174 g/mol. The van der Waals surface area contributed by atoms with Crippen molar-refractivity contribution >= 4 is 0 Å². The second-order valence-corrected chi connectivity index (χ2v) is 5.36. The molecule has 1 saturated carbocycles. The molecule has 14 heavy (non-hydrogen) atoms. The van der Waals surface area contributed by atoms with Gasteiger partial charge in [0.05, 0.1) is 0 Å². The summed E-state index contributed by atoms with van der Waals surface area (Å²) in [6, 6.07) is 0.749. The summed E-state index contributed by atoms with van der Waals surface area (Å²) in [7, 11) is 4.35. The van der Waals surface area contributed by atoms with E-state index in [1.54, 1.807) is 0 Å². The van der Waals surface area contributed by atoms with Crippen LogP contribution in [0.5, 0.6) is 0 Å². The van der Waals surface area contributed by atoms with E-state index in [2.05, 4.69) is 23.9 Å². The highest BCUT2D eigenvalue weighted by Gasteiger charge is 2.36. The Kier molecular flexibility index (Phi) is 2.82. The molecule has 1 saturated heterocycles. The molecule has 3 heteroatoms.